The molecule has 9 heteroatoms. The maximum Gasteiger partial charge on any atom is 0.387 e. The van der Waals surface area contributed by atoms with Gasteiger partial charge in [0.05, 0.1) is 7.11 Å². The number of ether oxygens (including phenoxy) is 4. The molecule has 0 heterocycles. The molecule has 2 aromatic rings. The quantitative estimate of drug-likeness (QED) is 0.480. The fourth-order valence-corrected chi connectivity index (χ4v) is 2.26. The Hall–Kier alpha value is -3.36. The van der Waals surface area contributed by atoms with Crippen LogP contribution in [0.4, 0.5) is 8.78 Å². The first-order valence-corrected chi connectivity index (χ1v) is 8.65. The second-order valence-corrected chi connectivity index (χ2v) is 5.81. The summed E-state index contributed by atoms with van der Waals surface area (Å²) in [5.74, 6) is -0.816. The Morgan fingerprint density at radius 3 is 2.41 bits per heavy atom. The number of rotatable bonds is 10. The fourth-order valence-electron chi connectivity index (χ4n) is 2.26. The van der Waals surface area contributed by atoms with E-state index in [1.165, 1.54) is 25.3 Å². The standard InChI is InChI=1S/C20H21F2NO6/c1-13-3-6-15(7-4-13)27-9-10-28-18(24)12-23-19(25)14-5-8-16(29-20(21)22)17(11-14)26-2/h3-8,11,20H,9-10,12H2,1-2H3,(H,23,25). The van der Waals surface area contributed by atoms with Gasteiger partial charge in [-0.05, 0) is 37.3 Å². The molecule has 0 atom stereocenters. The van der Waals surface area contributed by atoms with Crippen molar-refractivity contribution < 1.29 is 37.3 Å². The van der Waals surface area contributed by atoms with Gasteiger partial charge in [0.25, 0.3) is 5.91 Å². The summed E-state index contributed by atoms with van der Waals surface area (Å²) in [6.45, 7) is -1.22. The lowest BCUT2D eigenvalue weighted by Crippen LogP contribution is -2.31. The van der Waals surface area contributed by atoms with Gasteiger partial charge >= 0.3 is 12.6 Å². The van der Waals surface area contributed by atoms with Crippen LogP contribution in [0.2, 0.25) is 0 Å². The van der Waals surface area contributed by atoms with Gasteiger partial charge in [0.2, 0.25) is 0 Å². The van der Waals surface area contributed by atoms with Gasteiger partial charge in [-0.3, -0.25) is 9.59 Å². The van der Waals surface area contributed by atoms with Crippen LogP contribution >= 0.6 is 0 Å². The Morgan fingerprint density at radius 1 is 1.03 bits per heavy atom. The topological polar surface area (TPSA) is 83.1 Å². The normalized spacial score (nSPS) is 10.4. The van der Waals surface area contributed by atoms with Crippen molar-refractivity contribution in [3.8, 4) is 17.2 Å². The Labute approximate surface area is 166 Å². The predicted molar refractivity (Wildman–Crippen MR) is 99.6 cm³/mol. The van der Waals surface area contributed by atoms with Gasteiger partial charge in [-0.15, -0.1) is 0 Å². The molecule has 0 bridgehead atoms. The highest BCUT2D eigenvalue weighted by Gasteiger charge is 2.15. The molecule has 0 fully saturated rings. The molecular weight excluding hydrogens is 388 g/mol. The van der Waals surface area contributed by atoms with Crippen LogP contribution in [-0.2, 0) is 9.53 Å². The summed E-state index contributed by atoms with van der Waals surface area (Å²) in [7, 11) is 1.26. The third-order valence-electron chi connectivity index (χ3n) is 3.67. The first-order valence-electron chi connectivity index (χ1n) is 8.65. The molecule has 0 aromatic heterocycles. The van der Waals surface area contributed by atoms with Crippen LogP contribution in [0.25, 0.3) is 0 Å². The number of methoxy groups -OCH3 is 1. The molecular formula is C20H21F2NO6. The largest absolute Gasteiger partial charge is 0.493 e. The Balaban J connectivity index is 1.75. The molecule has 156 valence electrons. The van der Waals surface area contributed by atoms with Gasteiger partial charge in [0, 0.05) is 5.56 Å². The summed E-state index contributed by atoms with van der Waals surface area (Å²) in [5, 5.41) is 2.38. The molecule has 0 radical (unpaired) electrons. The van der Waals surface area contributed by atoms with E-state index in [-0.39, 0.29) is 36.8 Å². The Kier molecular flexibility index (Phi) is 8.20. The second-order valence-electron chi connectivity index (χ2n) is 5.81. The predicted octanol–water partition coefficient (Wildman–Crippen LogP) is 2.96. The van der Waals surface area contributed by atoms with Crippen LogP contribution < -0.4 is 19.5 Å². The smallest absolute Gasteiger partial charge is 0.387 e. The average Bonchev–Trinajstić information content (AvgIpc) is 2.70. The van der Waals surface area contributed by atoms with E-state index in [2.05, 4.69) is 10.1 Å². The molecule has 1 N–H and O–H groups in total. The van der Waals surface area contributed by atoms with Crippen LogP contribution in [-0.4, -0.2) is 45.4 Å². The molecule has 0 aliphatic rings. The number of hydrogen-bond acceptors (Lipinski definition) is 6. The molecule has 7 nitrogen and oxygen atoms in total. The Bertz CT molecular complexity index is 826. The van der Waals surface area contributed by atoms with Gasteiger partial charge in [-0.25, -0.2) is 0 Å². The number of hydrogen-bond donors (Lipinski definition) is 1. The maximum atomic E-state index is 12.3. The van der Waals surface area contributed by atoms with Crippen molar-refractivity contribution in [3.63, 3.8) is 0 Å². The number of amides is 1. The second kappa shape index (κ2) is 10.8. The Morgan fingerprint density at radius 2 is 1.76 bits per heavy atom. The summed E-state index contributed by atoms with van der Waals surface area (Å²) in [4.78, 5) is 23.8. The molecule has 2 rings (SSSR count). The highest BCUT2D eigenvalue weighted by Crippen LogP contribution is 2.29. The zero-order chi connectivity index (χ0) is 21.2. The highest BCUT2D eigenvalue weighted by atomic mass is 19.3. The number of alkyl halides is 2. The fraction of sp³-hybridized carbons (Fsp3) is 0.300. The number of carbonyl (C=O) groups is 2. The van der Waals surface area contributed by atoms with E-state index in [0.29, 0.717) is 5.75 Å². The van der Waals surface area contributed by atoms with E-state index >= 15 is 0 Å². The van der Waals surface area contributed by atoms with Crippen molar-refractivity contribution in [1.29, 1.82) is 0 Å². The highest BCUT2D eigenvalue weighted by molar-refractivity contribution is 5.96. The van der Waals surface area contributed by atoms with Crippen molar-refractivity contribution in [3.05, 3.63) is 53.6 Å². The molecule has 1 amide bonds. The first kappa shape index (κ1) is 21.9. The van der Waals surface area contributed by atoms with Gasteiger partial charge in [0.15, 0.2) is 11.5 Å². The van der Waals surface area contributed by atoms with Crippen LogP contribution in [0.15, 0.2) is 42.5 Å². The van der Waals surface area contributed by atoms with Crippen molar-refractivity contribution in [2.24, 2.45) is 0 Å². The molecule has 0 saturated heterocycles. The molecule has 0 saturated carbocycles. The maximum absolute atomic E-state index is 12.3. The van der Waals surface area contributed by atoms with Crippen LogP contribution in [0, 0.1) is 6.92 Å². The monoisotopic (exact) mass is 409 g/mol. The minimum Gasteiger partial charge on any atom is -0.493 e. The first-order chi connectivity index (χ1) is 13.9. The molecule has 2 aromatic carbocycles. The number of nitrogens with one attached hydrogen (secondary N) is 1. The number of carbonyl (C=O) groups excluding carboxylic acids is 2. The van der Waals surface area contributed by atoms with E-state index in [1.54, 1.807) is 0 Å². The van der Waals surface area contributed by atoms with E-state index < -0.39 is 18.5 Å². The zero-order valence-corrected chi connectivity index (χ0v) is 15.9. The number of esters is 1. The number of aryl methyl sites for hydroxylation is 1. The SMILES string of the molecule is COc1cc(C(=O)NCC(=O)OCCOc2ccc(C)cc2)ccc1OC(F)F. The van der Waals surface area contributed by atoms with Gasteiger partial charge < -0.3 is 24.3 Å². The molecule has 29 heavy (non-hydrogen) atoms. The summed E-state index contributed by atoms with van der Waals surface area (Å²) >= 11 is 0. The van der Waals surface area contributed by atoms with Crippen LogP contribution in [0.1, 0.15) is 15.9 Å². The van der Waals surface area contributed by atoms with Gasteiger partial charge in [0.1, 0.15) is 25.5 Å². The zero-order valence-electron chi connectivity index (χ0n) is 15.9. The van der Waals surface area contributed by atoms with Crippen molar-refractivity contribution in [2.75, 3.05) is 26.9 Å². The van der Waals surface area contributed by atoms with Crippen LogP contribution in [0.3, 0.4) is 0 Å². The van der Waals surface area contributed by atoms with Gasteiger partial charge in [-0.1, -0.05) is 17.7 Å². The third-order valence-corrected chi connectivity index (χ3v) is 3.67. The van der Waals surface area contributed by atoms with E-state index in [9.17, 15) is 18.4 Å². The lowest BCUT2D eigenvalue weighted by Gasteiger charge is -2.11. The van der Waals surface area contributed by atoms with E-state index in [0.717, 1.165) is 5.56 Å². The molecule has 0 unspecified atom stereocenters. The molecule has 0 aliphatic carbocycles. The average molecular weight is 409 g/mol. The van der Waals surface area contributed by atoms with E-state index in [4.69, 9.17) is 14.2 Å². The lowest BCUT2D eigenvalue weighted by molar-refractivity contribution is -0.143. The molecule has 0 aliphatic heterocycles. The summed E-state index contributed by atoms with van der Waals surface area (Å²) in [5.41, 5.74) is 1.22. The van der Waals surface area contributed by atoms with E-state index in [1.807, 2.05) is 31.2 Å². The lowest BCUT2D eigenvalue weighted by atomic mass is 10.2. The summed E-state index contributed by atoms with van der Waals surface area (Å²) < 4.78 is 44.3. The minimum absolute atomic E-state index is 0.0239. The summed E-state index contributed by atoms with van der Waals surface area (Å²) in [6, 6.07) is 11.1. The number of benzene rings is 2. The van der Waals surface area contributed by atoms with Crippen molar-refractivity contribution in [1.82, 2.24) is 5.32 Å². The van der Waals surface area contributed by atoms with Crippen molar-refractivity contribution >= 4 is 11.9 Å². The minimum atomic E-state index is -3.02. The third kappa shape index (κ3) is 7.28. The van der Waals surface area contributed by atoms with Gasteiger partial charge in [-0.2, -0.15) is 8.78 Å². The summed E-state index contributed by atoms with van der Waals surface area (Å²) in [6.07, 6.45) is 0. The van der Waals surface area contributed by atoms with Crippen molar-refractivity contribution in [2.45, 2.75) is 13.5 Å². The van der Waals surface area contributed by atoms with Crippen LogP contribution in [0.5, 0.6) is 17.2 Å². The molecule has 0 spiro atoms. The number of halogens is 2.